The quantitative estimate of drug-likeness (QED) is 0.817. The van der Waals surface area contributed by atoms with E-state index in [1.807, 2.05) is 0 Å². The molecule has 0 radical (unpaired) electrons. The molecule has 0 bridgehead atoms. The lowest BCUT2D eigenvalue weighted by molar-refractivity contribution is -0.150. The molecular weight excluding hydrogens is 304 g/mol. The lowest BCUT2D eigenvalue weighted by Gasteiger charge is -2.35. The lowest BCUT2D eigenvalue weighted by atomic mass is 9.81. The number of hydrogen-bond donors (Lipinski definition) is 2. The van der Waals surface area contributed by atoms with Gasteiger partial charge >= 0.3 is 5.97 Å². The number of ether oxygens (including phenoxy) is 1. The van der Waals surface area contributed by atoms with Gasteiger partial charge in [-0.1, -0.05) is 43.0 Å². The summed E-state index contributed by atoms with van der Waals surface area (Å²) in [6.45, 7) is 0.0420. The molecule has 1 saturated carbocycles. The number of halogens is 1. The first-order chi connectivity index (χ1) is 10.6. The Morgan fingerprint density at radius 2 is 1.91 bits per heavy atom. The van der Waals surface area contributed by atoms with Gasteiger partial charge in [0.25, 0.3) is 0 Å². The molecular formula is C16H21ClN2O3. The standard InChI is InChI=1S/C16H21ClN2O3/c1-22-15(21)16(9-5-2-6-10-16)18-11-14(20)19-13-8-4-3-7-12(13)17/h3-4,7-8,18H,2,5-6,9-11H2,1H3,(H,19,20). The molecule has 1 aromatic carbocycles. The first-order valence-electron chi connectivity index (χ1n) is 7.45. The molecule has 1 aromatic rings. The Bertz CT molecular complexity index is 542. The summed E-state index contributed by atoms with van der Waals surface area (Å²) in [5, 5.41) is 6.32. The Hall–Kier alpha value is -1.59. The van der Waals surface area contributed by atoms with Crippen LogP contribution >= 0.6 is 11.6 Å². The predicted octanol–water partition coefficient (Wildman–Crippen LogP) is 2.74. The minimum absolute atomic E-state index is 0.0420. The number of rotatable bonds is 5. The van der Waals surface area contributed by atoms with Crippen molar-refractivity contribution in [2.45, 2.75) is 37.6 Å². The van der Waals surface area contributed by atoms with Crippen LogP contribution in [0, 0.1) is 0 Å². The molecule has 22 heavy (non-hydrogen) atoms. The van der Waals surface area contributed by atoms with E-state index in [0.29, 0.717) is 23.6 Å². The smallest absolute Gasteiger partial charge is 0.326 e. The molecule has 5 nitrogen and oxygen atoms in total. The van der Waals surface area contributed by atoms with Crippen molar-refractivity contribution >= 4 is 29.2 Å². The van der Waals surface area contributed by atoms with Gasteiger partial charge in [0, 0.05) is 0 Å². The molecule has 1 fully saturated rings. The number of anilines is 1. The van der Waals surface area contributed by atoms with E-state index < -0.39 is 5.54 Å². The van der Waals surface area contributed by atoms with E-state index in [0.717, 1.165) is 19.3 Å². The number of carbonyl (C=O) groups is 2. The largest absolute Gasteiger partial charge is 0.468 e. The van der Waals surface area contributed by atoms with Crippen LogP contribution in [-0.4, -0.2) is 31.1 Å². The molecule has 1 amide bonds. The first kappa shape index (κ1) is 16.8. The van der Waals surface area contributed by atoms with E-state index in [1.165, 1.54) is 7.11 Å². The molecule has 120 valence electrons. The fraction of sp³-hybridized carbons (Fsp3) is 0.500. The third-order valence-corrected chi connectivity index (χ3v) is 4.35. The van der Waals surface area contributed by atoms with Gasteiger partial charge in [-0.05, 0) is 25.0 Å². The maximum absolute atomic E-state index is 12.1. The van der Waals surface area contributed by atoms with Crippen molar-refractivity contribution in [2.24, 2.45) is 0 Å². The van der Waals surface area contributed by atoms with Crippen LogP contribution in [0.2, 0.25) is 5.02 Å². The Morgan fingerprint density at radius 1 is 1.23 bits per heavy atom. The number of methoxy groups -OCH3 is 1. The highest BCUT2D eigenvalue weighted by Gasteiger charge is 2.40. The van der Waals surface area contributed by atoms with Gasteiger partial charge in [0.05, 0.1) is 24.4 Å². The van der Waals surface area contributed by atoms with Crippen LogP contribution in [0.4, 0.5) is 5.69 Å². The van der Waals surface area contributed by atoms with E-state index in [9.17, 15) is 9.59 Å². The number of carbonyl (C=O) groups excluding carboxylic acids is 2. The van der Waals surface area contributed by atoms with Gasteiger partial charge in [0.15, 0.2) is 0 Å². The Balaban J connectivity index is 1.96. The maximum atomic E-state index is 12.1. The normalized spacial score (nSPS) is 16.8. The third kappa shape index (κ3) is 3.99. The zero-order valence-corrected chi connectivity index (χ0v) is 13.4. The summed E-state index contributed by atoms with van der Waals surface area (Å²) in [5.41, 5.74) is -0.183. The monoisotopic (exact) mass is 324 g/mol. The minimum atomic E-state index is -0.745. The maximum Gasteiger partial charge on any atom is 0.326 e. The van der Waals surface area contributed by atoms with Gasteiger partial charge in [-0.2, -0.15) is 0 Å². The zero-order valence-electron chi connectivity index (χ0n) is 12.7. The predicted molar refractivity (Wildman–Crippen MR) is 85.9 cm³/mol. The molecule has 0 heterocycles. The molecule has 0 aromatic heterocycles. The summed E-state index contributed by atoms with van der Waals surface area (Å²) < 4.78 is 4.91. The second kappa shape index (κ2) is 7.61. The molecule has 1 aliphatic carbocycles. The van der Waals surface area contributed by atoms with E-state index >= 15 is 0 Å². The van der Waals surface area contributed by atoms with Crippen molar-refractivity contribution in [3.8, 4) is 0 Å². The average molecular weight is 325 g/mol. The van der Waals surface area contributed by atoms with Crippen LogP contribution < -0.4 is 10.6 Å². The first-order valence-corrected chi connectivity index (χ1v) is 7.83. The fourth-order valence-electron chi connectivity index (χ4n) is 2.81. The van der Waals surface area contributed by atoms with Crippen LogP contribution in [0.5, 0.6) is 0 Å². The average Bonchev–Trinajstić information content (AvgIpc) is 2.55. The summed E-state index contributed by atoms with van der Waals surface area (Å²) in [6.07, 6.45) is 4.40. The molecule has 1 aliphatic rings. The van der Waals surface area contributed by atoms with Crippen LogP contribution in [0.25, 0.3) is 0 Å². The minimum Gasteiger partial charge on any atom is -0.468 e. The molecule has 0 unspecified atom stereocenters. The van der Waals surface area contributed by atoms with Crippen LogP contribution in [0.3, 0.4) is 0 Å². The number of esters is 1. The number of amides is 1. The van der Waals surface area contributed by atoms with E-state index in [4.69, 9.17) is 16.3 Å². The summed E-state index contributed by atoms with van der Waals surface area (Å²) >= 11 is 6.01. The van der Waals surface area contributed by atoms with Crippen molar-refractivity contribution in [1.29, 1.82) is 0 Å². The highest BCUT2D eigenvalue weighted by molar-refractivity contribution is 6.33. The van der Waals surface area contributed by atoms with Crippen LogP contribution in [0.15, 0.2) is 24.3 Å². The van der Waals surface area contributed by atoms with Crippen molar-refractivity contribution in [3.63, 3.8) is 0 Å². The Labute approximate surface area is 135 Å². The number of para-hydroxylation sites is 1. The second-order valence-electron chi connectivity index (χ2n) is 5.52. The molecule has 0 aliphatic heterocycles. The van der Waals surface area contributed by atoms with Crippen molar-refractivity contribution in [2.75, 3.05) is 19.0 Å². The highest BCUT2D eigenvalue weighted by Crippen LogP contribution is 2.29. The Morgan fingerprint density at radius 3 is 2.55 bits per heavy atom. The number of benzene rings is 1. The summed E-state index contributed by atoms with van der Waals surface area (Å²) in [4.78, 5) is 24.2. The Kier molecular flexibility index (Phi) is 5.80. The van der Waals surface area contributed by atoms with E-state index in [2.05, 4.69) is 10.6 Å². The molecule has 0 atom stereocenters. The zero-order chi connectivity index (χ0) is 16.0. The second-order valence-corrected chi connectivity index (χ2v) is 5.92. The van der Waals surface area contributed by atoms with Crippen molar-refractivity contribution in [1.82, 2.24) is 5.32 Å². The topological polar surface area (TPSA) is 67.4 Å². The van der Waals surface area contributed by atoms with Crippen LogP contribution in [0.1, 0.15) is 32.1 Å². The summed E-state index contributed by atoms with van der Waals surface area (Å²) in [6, 6.07) is 7.04. The molecule has 2 N–H and O–H groups in total. The van der Waals surface area contributed by atoms with Gasteiger partial charge < -0.3 is 10.1 Å². The van der Waals surface area contributed by atoms with E-state index in [-0.39, 0.29) is 18.4 Å². The van der Waals surface area contributed by atoms with Gasteiger partial charge in [-0.3, -0.25) is 14.9 Å². The number of hydrogen-bond acceptors (Lipinski definition) is 4. The summed E-state index contributed by atoms with van der Waals surface area (Å²) in [5.74, 6) is -0.528. The molecule has 6 heteroatoms. The molecule has 0 spiro atoms. The summed E-state index contributed by atoms with van der Waals surface area (Å²) in [7, 11) is 1.38. The van der Waals surface area contributed by atoms with E-state index in [1.54, 1.807) is 24.3 Å². The number of nitrogens with one attached hydrogen (secondary N) is 2. The van der Waals surface area contributed by atoms with Crippen molar-refractivity contribution in [3.05, 3.63) is 29.3 Å². The molecule has 0 saturated heterocycles. The lowest BCUT2D eigenvalue weighted by Crippen LogP contribution is -2.55. The fourth-order valence-corrected chi connectivity index (χ4v) is 2.99. The van der Waals surface area contributed by atoms with Gasteiger partial charge in [-0.25, -0.2) is 0 Å². The van der Waals surface area contributed by atoms with Crippen LogP contribution in [-0.2, 0) is 14.3 Å². The van der Waals surface area contributed by atoms with Gasteiger partial charge in [0.2, 0.25) is 5.91 Å². The SMILES string of the molecule is COC(=O)C1(NCC(=O)Nc2ccccc2Cl)CCCCC1. The van der Waals surface area contributed by atoms with Gasteiger partial charge in [-0.15, -0.1) is 0 Å². The van der Waals surface area contributed by atoms with Gasteiger partial charge in [0.1, 0.15) is 5.54 Å². The van der Waals surface area contributed by atoms with Crippen molar-refractivity contribution < 1.29 is 14.3 Å². The highest BCUT2D eigenvalue weighted by atomic mass is 35.5. The third-order valence-electron chi connectivity index (χ3n) is 4.02. The molecule has 2 rings (SSSR count).